The zero-order valence-electron chi connectivity index (χ0n) is 53.8. The summed E-state index contributed by atoms with van der Waals surface area (Å²) in [6.45, 7) is 22.9. The maximum absolute atomic E-state index is 11.7. The van der Waals surface area contributed by atoms with E-state index in [-0.39, 0.29) is 23.9 Å². The van der Waals surface area contributed by atoms with E-state index in [1.165, 1.54) is 118 Å². The van der Waals surface area contributed by atoms with Gasteiger partial charge in [0, 0.05) is 30.3 Å². The first kappa shape index (κ1) is 67.2. The number of ketones is 1. The summed E-state index contributed by atoms with van der Waals surface area (Å²) in [6.07, 6.45) is 25.7. The monoisotopic (exact) mass is 1150 g/mol. The normalized spacial score (nSPS) is 18.2. The molecule has 2 unspecified atom stereocenters. The quantitative estimate of drug-likeness (QED) is 0.0672. The van der Waals surface area contributed by atoms with Crippen molar-refractivity contribution < 1.29 is 29.6 Å². The second-order valence-corrected chi connectivity index (χ2v) is 24.5. The molecule has 7 nitrogen and oxygen atoms in total. The molecule has 11 rings (SSSR count). The summed E-state index contributed by atoms with van der Waals surface area (Å²) in [5.41, 5.74) is 24.4. The van der Waals surface area contributed by atoms with E-state index in [1.807, 2.05) is 35.6 Å². The summed E-state index contributed by atoms with van der Waals surface area (Å²) >= 11 is 0. The highest BCUT2D eigenvalue weighted by molar-refractivity contribution is 5.89. The number of hydrogen-bond acceptors (Lipinski definition) is 7. The largest absolute Gasteiger partial charge is 0.508 e. The number of nitrogens with zero attached hydrogens (tertiary/aromatic N) is 1. The molecule has 1 heterocycles. The third kappa shape index (κ3) is 19.8. The average molecular weight is 1150 g/mol. The molecule has 0 bridgehead atoms. The van der Waals surface area contributed by atoms with Crippen molar-refractivity contribution in [3.05, 3.63) is 206 Å². The van der Waals surface area contributed by atoms with Crippen molar-refractivity contribution in [3.63, 3.8) is 0 Å². The van der Waals surface area contributed by atoms with Crippen LogP contribution < -0.4 is 9.47 Å². The minimum Gasteiger partial charge on any atom is -0.508 e. The Morgan fingerprint density at radius 2 is 1.19 bits per heavy atom. The number of para-hydroxylation sites is 2. The van der Waals surface area contributed by atoms with Crippen LogP contribution in [0.15, 0.2) is 178 Å². The zero-order valence-corrected chi connectivity index (χ0v) is 53.8. The summed E-state index contributed by atoms with van der Waals surface area (Å²) in [5, 5.41) is 27.5. The maximum Gasteiger partial charge on any atom is 0.160 e. The van der Waals surface area contributed by atoms with Crippen LogP contribution in [0.4, 0.5) is 0 Å². The van der Waals surface area contributed by atoms with Crippen molar-refractivity contribution in [2.75, 3.05) is 14.2 Å². The molecule has 0 saturated carbocycles. The van der Waals surface area contributed by atoms with Gasteiger partial charge in [0.15, 0.2) is 17.3 Å². The van der Waals surface area contributed by atoms with E-state index in [0.717, 1.165) is 59.9 Å². The molecule has 4 aromatic rings. The zero-order chi connectivity index (χ0) is 61.4. The van der Waals surface area contributed by atoms with Crippen molar-refractivity contribution in [2.24, 2.45) is 23.7 Å². The fraction of sp³-hybridized carbons (Fsp3) is 0.436. The number of carbonyl (C=O) groups is 1. The number of pyridine rings is 1. The number of carbonyl (C=O) groups excluding carboxylic acids is 1. The molecule has 0 amide bonds. The van der Waals surface area contributed by atoms with Gasteiger partial charge in [-0.05, 0) is 229 Å². The highest BCUT2D eigenvalue weighted by Crippen LogP contribution is 2.46. The fourth-order valence-corrected chi connectivity index (χ4v) is 12.5. The number of aromatic nitrogens is 1. The predicted octanol–water partition coefficient (Wildman–Crippen LogP) is 20.4. The molecule has 3 aromatic carbocycles. The molecule has 85 heavy (non-hydrogen) atoms. The molecule has 7 aliphatic rings. The van der Waals surface area contributed by atoms with Crippen LogP contribution in [0.2, 0.25) is 0 Å². The molecule has 0 radical (unpaired) electrons. The van der Waals surface area contributed by atoms with Gasteiger partial charge in [0.1, 0.15) is 11.5 Å². The topological polar surface area (TPSA) is 109 Å². The molecular formula is C78H101NO6. The number of benzene rings is 3. The van der Waals surface area contributed by atoms with E-state index in [0.29, 0.717) is 24.2 Å². The van der Waals surface area contributed by atoms with Crippen molar-refractivity contribution in [3.8, 4) is 45.3 Å². The van der Waals surface area contributed by atoms with Gasteiger partial charge in [0.05, 0.1) is 20.8 Å². The number of aryl methyl sites for hydroxylation is 2. The number of aliphatic hydroxyl groups excluding tert-OH is 1. The predicted molar refractivity (Wildman–Crippen MR) is 356 cm³/mol. The Bertz CT molecular complexity index is 3140. The number of fused-ring (bicyclic) bond motifs is 4. The molecule has 0 saturated heterocycles. The van der Waals surface area contributed by atoms with Gasteiger partial charge in [0.2, 0.25) is 0 Å². The standard InChI is InChI=1S/C17H24O3.2C15H24.C14H13NO.C10H8.C7H8O2/c1-2-3-4-5-6-7-16(19)10-8-14-9-11-17(20)15(12-14)13-18;2*1-10(2)13-7-5-11(3)14-8-6-12(4)15(14)9-13;1-9-14-8-10-7-11(16-2)3-4-12(10)13(14)5-6-15-9;1-2-5-9-7-4-8-10(9)6-3-1;1-9-7-5-3-2-4-6(7)8/h6-7,9,11-12,18,20H,2-5,8,10,13H2,1H3;2*11-12H,5-9H2,1-4H3;3-7H,8H2,1-2H3;1-8H;2-5,8H,1H3/b7-6+;;;;;/t;11-,12-;;;;/m.0..../s1. The van der Waals surface area contributed by atoms with Gasteiger partial charge >= 0.3 is 0 Å². The molecule has 3 N–H and O–H groups in total. The third-order valence-corrected chi connectivity index (χ3v) is 18.1. The van der Waals surface area contributed by atoms with Crippen LogP contribution in [-0.2, 0) is 24.2 Å². The molecule has 7 aliphatic carbocycles. The van der Waals surface area contributed by atoms with E-state index < -0.39 is 0 Å². The number of phenolic OH excluding ortho intramolecular Hbond substituents is 1. The van der Waals surface area contributed by atoms with E-state index in [2.05, 4.69) is 135 Å². The molecule has 0 spiro atoms. The lowest BCUT2D eigenvalue weighted by Crippen LogP contribution is -1.97. The second-order valence-electron chi connectivity index (χ2n) is 24.5. The first-order valence-electron chi connectivity index (χ1n) is 31.7. The number of ether oxygens (including phenoxy) is 2. The lowest BCUT2D eigenvalue weighted by atomic mass is 9.94. The molecular weight excluding hydrogens is 1050 g/mol. The second kappa shape index (κ2) is 34.3. The van der Waals surface area contributed by atoms with Crippen molar-refractivity contribution in [2.45, 2.75) is 185 Å². The molecule has 454 valence electrons. The van der Waals surface area contributed by atoms with Crippen LogP contribution in [0.3, 0.4) is 0 Å². The first-order chi connectivity index (χ1) is 41.0. The highest BCUT2D eigenvalue weighted by atomic mass is 16.5. The highest BCUT2D eigenvalue weighted by Gasteiger charge is 2.30. The summed E-state index contributed by atoms with van der Waals surface area (Å²) in [5.74, 6) is 5.25. The van der Waals surface area contributed by atoms with Crippen molar-refractivity contribution in [1.29, 1.82) is 0 Å². The van der Waals surface area contributed by atoms with Crippen LogP contribution in [0.1, 0.15) is 187 Å². The lowest BCUT2D eigenvalue weighted by molar-refractivity contribution is -0.114. The van der Waals surface area contributed by atoms with E-state index in [4.69, 9.17) is 19.7 Å². The Hall–Kier alpha value is -6.96. The first-order valence-corrected chi connectivity index (χ1v) is 31.7. The third-order valence-electron chi connectivity index (χ3n) is 18.1. The van der Waals surface area contributed by atoms with Gasteiger partial charge in [-0.2, -0.15) is 0 Å². The van der Waals surface area contributed by atoms with Gasteiger partial charge < -0.3 is 24.8 Å². The average Bonchev–Trinajstić information content (AvgIpc) is 2.06. The Labute approximate surface area is 512 Å². The number of phenols is 2. The lowest BCUT2D eigenvalue weighted by Gasteiger charge is -2.12. The Balaban J connectivity index is 0.000000166. The SMILES string of the molecule is CC(C)=C1CCC(C)C2=C(C1)C(C)CC2.CC(C)=C1CC[C@H](C)C2=C(C1)[C@@H](C)CC2.CCCCC/C=C/C(=O)CCc1ccc(O)c(CO)c1.COc1ccc2c(c1)Cc1c-2ccnc1C.COc1ccccc1O.c1ccc2cccc-2cc1. The number of aromatic hydroxyl groups is 2. The minimum absolute atomic E-state index is 0.0957. The summed E-state index contributed by atoms with van der Waals surface area (Å²) in [4.78, 5) is 16.0. The minimum atomic E-state index is -0.190. The number of unbranched alkanes of at least 4 members (excludes halogenated alkanes) is 3. The number of allylic oxidation sites excluding steroid dienone is 10. The van der Waals surface area contributed by atoms with Gasteiger partial charge in [0.25, 0.3) is 0 Å². The number of hydrogen-bond donors (Lipinski definition) is 3. The van der Waals surface area contributed by atoms with E-state index in [1.54, 1.807) is 89.1 Å². The summed E-state index contributed by atoms with van der Waals surface area (Å²) < 4.78 is 10.0. The summed E-state index contributed by atoms with van der Waals surface area (Å²) in [7, 11) is 3.23. The number of aliphatic hydroxyl groups is 1. The Morgan fingerprint density at radius 3 is 1.74 bits per heavy atom. The van der Waals surface area contributed by atoms with E-state index >= 15 is 0 Å². The number of methoxy groups -OCH3 is 2. The molecule has 7 heteroatoms. The van der Waals surface area contributed by atoms with Crippen LogP contribution in [0.5, 0.6) is 23.0 Å². The number of rotatable bonds is 11. The van der Waals surface area contributed by atoms with Crippen molar-refractivity contribution in [1.82, 2.24) is 4.98 Å². The van der Waals surface area contributed by atoms with Gasteiger partial charge in [-0.25, -0.2) is 0 Å². The van der Waals surface area contributed by atoms with Crippen molar-refractivity contribution >= 4 is 5.78 Å². The van der Waals surface area contributed by atoms with Gasteiger partial charge in [-0.3, -0.25) is 9.78 Å². The summed E-state index contributed by atoms with van der Waals surface area (Å²) in [6, 6.07) is 37.0. The molecule has 0 aliphatic heterocycles. The van der Waals surface area contributed by atoms with Crippen LogP contribution in [0.25, 0.3) is 22.3 Å². The Morgan fingerprint density at radius 1 is 0.612 bits per heavy atom. The van der Waals surface area contributed by atoms with Crippen LogP contribution in [0, 0.1) is 30.6 Å². The van der Waals surface area contributed by atoms with Crippen LogP contribution in [-0.4, -0.2) is 40.3 Å². The Kier molecular flexibility index (Phi) is 27.1. The van der Waals surface area contributed by atoms with E-state index in [9.17, 15) is 9.90 Å². The van der Waals surface area contributed by atoms with Gasteiger partial charge in [-0.15, -0.1) is 0 Å². The molecule has 0 fully saturated rings. The maximum atomic E-state index is 11.7. The van der Waals surface area contributed by atoms with Crippen LogP contribution >= 0.6 is 0 Å². The van der Waals surface area contributed by atoms with Gasteiger partial charge in [-0.1, -0.05) is 171 Å². The fourth-order valence-electron chi connectivity index (χ4n) is 12.5. The molecule has 1 aromatic heterocycles. The molecule has 4 atom stereocenters. The smallest absolute Gasteiger partial charge is 0.160 e.